The first-order chi connectivity index (χ1) is 15.6. The molecule has 0 bridgehead atoms. The van der Waals surface area contributed by atoms with Crippen LogP contribution in [0.25, 0.3) is 6.08 Å². The largest absolute Gasteiger partial charge is 0.496 e. The number of allylic oxidation sites excluding steroid dienone is 1. The molecule has 2 aromatic rings. The Morgan fingerprint density at radius 2 is 1.62 bits per heavy atom. The maximum absolute atomic E-state index is 13.6. The molecule has 0 fully saturated rings. The van der Waals surface area contributed by atoms with Gasteiger partial charge in [-0.05, 0) is 30.2 Å². The number of thioether (sulfide) groups is 1. The Kier molecular flexibility index (Phi) is 8.74. The molecule has 0 N–H and O–H groups in total. The van der Waals surface area contributed by atoms with E-state index < -0.39 is 0 Å². The smallest absolute Gasteiger partial charge is 0.194 e. The van der Waals surface area contributed by atoms with Crippen LogP contribution in [0.3, 0.4) is 0 Å². The van der Waals surface area contributed by atoms with E-state index in [1.807, 2.05) is 18.2 Å². The van der Waals surface area contributed by atoms with Gasteiger partial charge in [0.25, 0.3) is 0 Å². The highest BCUT2D eigenvalue weighted by Crippen LogP contribution is 2.39. The van der Waals surface area contributed by atoms with Gasteiger partial charge in [-0.2, -0.15) is 0 Å². The molecule has 3 rings (SSSR count). The summed E-state index contributed by atoms with van der Waals surface area (Å²) in [5.74, 6) is 1.22. The van der Waals surface area contributed by atoms with Gasteiger partial charge in [0.2, 0.25) is 0 Å². The number of carbonyl (C=O) groups is 2. The van der Waals surface area contributed by atoms with Gasteiger partial charge < -0.3 is 9.47 Å². The Bertz CT molecular complexity index is 1010. The zero-order chi connectivity index (χ0) is 22.9. The van der Waals surface area contributed by atoms with Gasteiger partial charge in [0.15, 0.2) is 11.6 Å². The van der Waals surface area contributed by atoms with Crippen molar-refractivity contribution in [3.63, 3.8) is 0 Å². The van der Waals surface area contributed by atoms with Crippen molar-refractivity contribution in [3.05, 3.63) is 76.9 Å². The van der Waals surface area contributed by atoms with Crippen LogP contribution in [0.15, 0.2) is 60.2 Å². The summed E-state index contributed by atoms with van der Waals surface area (Å²) in [4.78, 5) is 26.6. The number of hydrogen-bond acceptors (Lipinski definition) is 5. The highest BCUT2D eigenvalue weighted by atomic mass is 32.2. The Labute approximate surface area is 194 Å². The third-order valence-corrected chi connectivity index (χ3v) is 6.79. The van der Waals surface area contributed by atoms with E-state index in [1.54, 1.807) is 23.9 Å². The van der Waals surface area contributed by atoms with Crippen molar-refractivity contribution in [1.82, 2.24) is 0 Å². The first kappa shape index (κ1) is 23.9. The van der Waals surface area contributed by atoms with Crippen LogP contribution in [-0.4, -0.2) is 36.8 Å². The summed E-state index contributed by atoms with van der Waals surface area (Å²) in [5, 5.41) is -0.0533. The zero-order valence-corrected chi connectivity index (χ0v) is 19.7. The van der Waals surface area contributed by atoms with Crippen molar-refractivity contribution in [3.8, 4) is 11.5 Å². The number of benzene rings is 2. The number of carbonyl (C=O) groups excluding carboxylic acids is 2. The number of ketones is 2. The molecule has 1 atom stereocenters. The van der Waals surface area contributed by atoms with Gasteiger partial charge in [0.05, 0.1) is 25.3 Å². The Morgan fingerprint density at radius 3 is 2.28 bits per heavy atom. The van der Waals surface area contributed by atoms with E-state index in [-0.39, 0.29) is 16.8 Å². The van der Waals surface area contributed by atoms with E-state index in [1.165, 1.54) is 20.3 Å². The highest BCUT2D eigenvalue weighted by Gasteiger charge is 2.35. The van der Waals surface area contributed by atoms with Gasteiger partial charge in [-0.15, -0.1) is 11.8 Å². The van der Waals surface area contributed by atoms with Crippen LogP contribution in [0.5, 0.6) is 11.5 Å². The maximum Gasteiger partial charge on any atom is 0.194 e. The second-order valence-corrected chi connectivity index (χ2v) is 8.88. The molecule has 2 aromatic carbocycles. The molecule has 0 amide bonds. The van der Waals surface area contributed by atoms with Gasteiger partial charge >= 0.3 is 0 Å². The lowest BCUT2D eigenvalue weighted by Gasteiger charge is -2.24. The van der Waals surface area contributed by atoms with Crippen LogP contribution < -0.4 is 9.47 Å². The average Bonchev–Trinajstić information content (AvgIpc) is 2.82. The molecule has 168 valence electrons. The quantitative estimate of drug-likeness (QED) is 0.371. The highest BCUT2D eigenvalue weighted by molar-refractivity contribution is 8.00. The molecule has 0 saturated heterocycles. The van der Waals surface area contributed by atoms with Gasteiger partial charge in [-0.1, -0.05) is 68.7 Å². The molecule has 0 spiro atoms. The minimum atomic E-state index is -0.203. The third kappa shape index (κ3) is 5.52. The molecule has 1 aliphatic rings. The Hall–Kier alpha value is -2.79. The third-order valence-electron chi connectivity index (χ3n) is 5.51. The maximum atomic E-state index is 13.6. The topological polar surface area (TPSA) is 52.6 Å². The van der Waals surface area contributed by atoms with E-state index in [9.17, 15) is 9.59 Å². The van der Waals surface area contributed by atoms with E-state index in [0.29, 0.717) is 28.2 Å². The van der Waals surface area contributed by atoms with Crippen LogP contribution >= 0.6 is 11.8 Å². The normalized spacial score (nSPS) is 14.3. The number of ether oxygens (including phenoxy) is 2. The molecule has 0 saturated carbocycles. The molecule has 4 nitrogen and oxygen atoms in total. The summed E-state index contributed by atoms with van der Waals surface area (Å²) >= 11 is 1.70. The fourth-order valence-electron chi connectivity index (χ4n) is 3.87. The Balaban J connectivity index is 1.86. The van der Waals surface area contributed by atoms with E-state index in [0.717, 1.165) is 37.0 Å². The van der Waals surface area contributed by atoms with Crippen molar-refractivity contribution < 1.29 is 19.1 Å². The number of unbranched alkanes of at least 4 members (excludes halogenated alkanes) is 2. The molecular weight excluding hydrogens is 420 g/mol. The zero-order valence-electron chi connectivity index (χ0n) is 18.9. The van der Waals surface area contributed by atoms with E-state index in [2.05, 4.69) is 31.2 Å². The van der Waals surface area contributed by atoms with Crippen molar-refractivity contribution in [1.29, 1.82) is 0 Å². The minimum Gasteiger partial charge on any atom is -0.496 e. The molecule has 0 aromatic heterocycles. The molecule has 32 heavy (non-hydrogen) atoms. The van der Waals surface area contributed by atoms with Crippen molar-refractivity contribution >= 4 is 29.4 Å². The number of methoxy groups -OCH3 is 2. The van der Waals surface area contributed by atoms with Gasteiger partial charge in [-0.3, -0.25) is 9.59 Å². The lowest BCUT2D eigenvalue weighted by molar-refractivity contribution is 0.0976. The van der Waals surface area contributed by atoms with Crippen LogP contribution in [0.2, 0.25) is 0 Å². The number of fused-ring (bicyclic) bond motifs is 1. The summed E-state index contributed by atoms with van der Waals surface area (Å²) in [5.41, 5.74) is 2.31. The van der Waals surface area contributed by atoms with Crippen molar-refractivity contribution in [2.45, 2.75) is 37.9 Å². The molecule has 5 heteroatoms. The molecule has 0 aliphatic heterocycles. The molecule has 1 unspecified atom stereocenters. The van der Waals surface area contributed by atoms with Crippen LogP contribution in [0, 0.1) is 0 Å². The molecule has 1 aliphatic carbocycles. The monoisotopic (exact) mass is 450 g/mol. The average molecular weight is 451 g/mol. The second-order valence-electron chi connectivity index (χ2n) is 7.64. The minimum absolute atomic E-state index is 0.0533. The van der Waals surface area contributed by atoms with Crippen LogP contribution in [-0.2, 0) is 0 Å². The number of rotatable bonds is 11. The second kappa shape index (κ2) is 11.7. The first-order valence-corrected chi connectivity index (χ1v) is 12.0. The summed E-state index contributed by atoms with van der Waals surface area (Å²) in [7, 11) is 3.02. The fraction of sp³-hybridized carbons (Fsp3) is 0.333. The number of hydrogen-bond donors (Lipinski definition) is 0. The van der Waals surface area contributed by atoms with E-state index in [4.69, 9.17) is 9.47 Å². The molecule has 0 radical (unpaired) electrons. The standard InChI is InChI=1S/C27H30O4S/c1-4-5-7-14-24(32-17-10-13-19-11-8-6-9-12-19)20-18-21(28)25-22(30-2)15-16-23(31-3)26(25)27(20)29/h6,8-13,15-16,18,24H,4-5,7,14,17H2,1-3H3. The predicted molar refractivity (Wildman–Crippen MR) is 132 cm³/mol. The summed E-state index contributed by atoms with van der Waals surface area (Å²) in [6.07, 6.45) is 9.77. The number of Topliss-reactive ketones (excluding diaryl/α,β-unsaturated/α-hetero) is 1. The van der Waals surface area contributed by atoms with Crippen LogP contribution in [0.4, 0.5) is 0 Å². The van der Waals surface area contributed by atoms with Gasteiger partial charge in [0, 0.05) is 16.6 Å². The van der Waals surface area contributed by atoms with Gasteiger partial charge in [0.1, 0.15) is 11.5 Å². The lowest BCUT2D eigenvalue weighted by Crippen LogP contribution is -2.25. The molecular formula is C27H30O4S. The summed E-state index contributed by atoms with van der Waals surface area (Å²) < 4.78 is 10.8. The summed E-state index contributed by atoms with van der Waals surface area (Å²) in [6.45, 7) is 2.16. The van der Waals surface area contributed by atoms with Crippen molar-refractivity contribution in [2.24, 2.45) is 0 Å². The van der Waals surface area contributed by atoms with Crippen LogP contribution in [0.1, 0.15) is 58.9 Å². The summed E-state index contributed by atoms with van der Waals surface area (Å²) in [6, 6.07) is 13.5. The Morgan fingerprint density at radius 1 is 0.938 bits per heavy atom. The van der Waals surface area contributed by atoms with E-state index >= 15 is 0 Å². The SMILES string of the molecule is CCCCCC(SCC=Cc1ccccc1)C1=CC(=O)c2c(OC)ccc(OC)c2C1=O. The van der Waals surface area contributed by atoms with Crippen molar-refractivity contribution in [2.75, 3.05) is 20.0 Å². The predicted octanol–water partition coefficient (Wildman–Crippen LogP) is 6.40. The fourth-order valence-corrected chi connectivity index (χ4v) is 4.99. The molecule has 0 heterocycles. The first-order valence-electron chi connectivity index (χ1n) is 11.0. The van der Waals surface area contributed by atoms with Gasteiger partial charge in [-0.25, -0.2) is 0 Å². The lowest BCUT2D eigenvalue weighted by atomic mass is 9.85.